The predicted octanol–water partition coefficient (Wildman–Crippen LogP) is 5.14. The second kappa shape index (κ2) is 8.75. The van der Waals surface area contributed by atoms with Gasteiger partial charge in [0.05, 0.1) is 19.9 Å². The van der Waals surface area contributed by atoms with Crippen LogP contribution in [-0.4, -0.2) is 30.1 Å². The molecule has 0 atom stereocenters. The molecule has 0 unspecified atom stereocenters. The van der Waals surface area contributed by atoms with Gasteiger partial charge in [-0.2, -0.15) is 0 Å². The van der Waals surface area contributed by atoms with Crippen molar-refractivity contribution in [1.82, 2.24) is 9.97 Å². The molecule has 4 aromatic rings. The van der Waals surface area contributed by atoms with E-state index in [-0.39, 0.29) is 5.91 Å². The Balaban J connectivity index is 1.54. The molecule has 0 spiro atoms. The Kier molecular flexibility index (Phi) is 5.72. The third-order valence-electron chi connectivity index (χ3n) is 4.47. The summed E-state index contributed by atoms with van der Waals surface area (Å²) in [6, 6.07) is 16.5. The summed E-state index contributed by atoms with van der Waals surface area (Å²) in [7, 11) is 3.10. The number of benzene rings is 2. The summed E-state index contributed by atoms with van der Waals surface area (Å²) in [5, 5.41) is 5.82. The molecular formula is C23H19N3O3S. The molecule has 30 heavy (non-hydrogen) atoms. The van der Waals surface area contributed by atoms with E-state index in [9.17, 15) is 4.79 Å². The van der Waals surface area contributed by atoms with Crippen LogP contribution in [0.15, 0.2) is 72.4 Å². The van der Waals surface area contributed by atoms with Crippen molar-refractivity contribution in [2.75, 3.05) is 19.5 Å². The molecule has 0 aliphatic heterocycles. The molecule has 6 nitrogen and oxygen atoms in total. The molecule has 0 aliphatic rings. The maximum Gasteiger partial charge on any atom is 0.255 e. The summed E-state index contributed by atoms with van der Waals surface area (Å²) in [5.41, 5.74) is 3.91. The van der Waals surface area contributed by atoms with E-state index in [1.807, 2.05) is 41.8 Å². The highest BCUT2D eigenvalue weighted by atomic mass is 32.1. The summed E-state index contributed by atoms with van der Waals surface area (Å²) < 4.78 is 10.5. The quantitative estimate of drug-likeness (QED) is 0.470. The van der Waals surface area contributed by atoms with Gasteiger partial charge in [0.15, 0.2) is 11.5 Å². The number of aromatic nitrogens is 2. The van der Waals surface area contributed by atoms with E-state index in [1.165, 1.54) is 7.11 Å². The fourth-order valence-corrected chi connectivity index (χ4v) is 3.79. The van der Waals surface area contributed by atoms with Gasteiger partial charge >= 0.3 is 0 Å². The third kappa shape index (κ3) is 4.16. The van der Waals surface area contributed by atoms with Crippen LogP contribution in [0.2, 0.25) is 0 Å². The zero-order chi connectivity index (χ0) is 20.9. The van der Waals surface area contributed by atoms with Crippen molar-refractivity contribution in [3.05, 3.63) is 77.9 Å². The molecule has 0 bridgehead atoms. The fraction of sp³-hybridized carbons (Fsp3) is 0.0870. The van der Waals surface area contributed by atoms with Crippen molar-refractivity contribution >= 4 is 22.9 Å². The number of nitrogens with one attached hydrogen (secondary N) is 1. The van der Waals surface area contributed by atoms with Gasteiger partial charge in [0.25, 0.3) is 5.91 Å². The maximum absolute atomic E-state index is 12.7. The molecule has 2 aromatic carbocycles. The lowest BCUT2D eigenvalue weighted by molar-refractivity contribution is 0.102. The van der Waals surface area contributed by atoms with Crippen LogP contribution in [-0.2, 0) is 0 Å². The molecular weight excluding hydrogens is 398 g/mol. The SMILES string of the molecule is COc1ccc(C(=O)Nc2cccc(-c3csc(-c4cccnc4)n3)c2)cc1OC. The number of rotatable bonds is 6. The van der Waals surface area contributed by atoms with E-state index in [4.69, 9.17) is 14.5 Å². The zero-order valence-corrected chi connectivity index (χ0v) is 17.3. The first-order valence-electron chi connectivity index (χ1n) is 9.17. The number of amides is 1. The van der Waals surface area contributed by atoms with Gasteiger partial charge in [-0.05, 0) is 42.5 Å². The first kappa shape index (κ1) is 19.6. The summed E-state index contributed by atoms with van der Waals surface area (Å²) in [5.74, 6) is 0.843. The molecule has 0 radical (unpaired) electrons. The van der Waals surface area contributed by atoms with Crippen LogP contribution in [0.5, 0.6) is 11.5 Å². The number of hydrogen-bond acceptors (Lipinski definition) is 6. The van der Waals surface area contributed by atoms with E-state index in [2.05, 4.69) is 10.3 Å². The largest absolute Gasteiger partial charge is 0.493 e. The lowest BCUT2D eigenvalue weighted by Crippen LogP contribution is -2.12. The molecule has 1 N–H and O–H groups in total. The molecule has 2 aromatic heterocycles. The zero-order valence-electron chi connectivity index (χ0n) is 16.5. The minimum absolute atomic E-state index is 0.234. The number of anilines is 1. The van der Waals surface area contributed by atoms with Gasteiger partial charge in [0, 0.05) is 40.2 Å². The van der Waals surface area contributed by atoms with Gasteiger partial charge in [-0.1, -0.05) is 12.1 Å². The summed E-state index contributed by atoms with van der Waals surface area (Å²) >= 11 is 1.56. The molecule has 0 saturated heterocycles. The lowest BCUT2D eigenvalue weighted by Gasteiger charge is -2.10. The molecule has 0 aliphatic carbocycles. The minimum Gasteiger partial charge on any atom is -0.493 e. The van der Waals surface area contributed by atoms with Crippen LogP contribution in [0, 0.1) is 0 Å². The number of hydrogen-bond donors (Lipinski definition) is 1. The van der Waals surface area contributed by atoms with E-state index in [0.717, 1.165) is 21.8 Å². The normalized spacial score (nSPS) is 10.5. The Bertz CT molecular complexity index is 1180. The Hall–Kier alpha value is -3.71. The second-order valence-electron chi connectivity index (χ2n) is 6.38. The van der Waals surface area contributed by atoms with Crippen molar-refractivity contribution in [3.63, 3.8) is 0 Å². The molecule has 4 rings (SSSR count). The Morgan fingerprint density at radius 2 is 1.80 bits per heavy atom. The van der Waals surface area contributed by atoms with Crippen molar-refractivity contribution in [1.29, 1.82) is 0 Å². The molecule has 2 heterocycles. The number of ether oxygens (including phenoxy) is 2. The average Bonchev–Trinajstić information content (AvgIpc) is 3.30. The first-order chi connectivity index (χ1) is 14.7. The Labute approximate surface area is 178 Å². The third-order valence-corrected chi connectivity index (χ3v) is 5.37. The van der Waals surface area contributed by atoms with Gasteiger partial charge in [-0.3, -0.25) is 9.78 Å². The van der Waals surface area contributed by atoms with Crippen LogP contribution in [0.4, 0.5) is 5.69 Å². The van der Waals surface area contributed by atoms with Gasteiger partial charge in [-0.25, -0.2) is 4.98 Å². The average molecular weight is 417 g/mol. The minimum atomic E-state index is -0.234. The van der Waals surface area contributed by atoms with E-state index in [0.29, 0.717) is 22.7 Å². The molecule has 0 fully saturated rings. The van der Waals surface area contributed by atoms with Crippen LogP contribution >= 0.6 is 11.3 Å². The monoisotopic (exact) mass is 417 g/mol. The number of methoxy groups -OCH3 is 2. The molecule has 150 valence electrons. The van der Waals surface area contributed by atoms with Crippen LogP contribution in [0.25, 0.3) is 21.8 Å². The van der Waals surface area contributed by atoms with E-state index >= 15 is 0 Å². The second-order valence-corrected chi connectivity index (χ2v) is 7.24. The summed E-state index contributed by atoms with van der Waals surface area (Å²) in [4.78, 5) is 21.5. The number of carbonyl (C=O) groups is 1. The van der Waals surface area contributed by atoms with Gasteiger partial charge in [-0.15, -0.1) is 11.3 Å². The Morgan fingerprint density at radius 1 is 0.967 bits per heavy atom. The number of thiazole rings is 1. The number of carbonyl (C=O) groups excluding carboxylic acids is 1. The predicted molar refractivity (Wildman–Crippen MR) is 118 cm³/mol. The highest BCUT2D eigenvalue weighted by molar-refractivity contribution is 7.13. The van der Waals surface area contributed by atoms with Crippen molar-refractivity contribution in [2.24, 2.45) is 0 Å². The fourth-order valence-electron chi connectivity index (χ4n) is 2.97. The van der Waals surface area contributed by atoms with Gasteiger partial charge < -0.3 is 14.8 Å². The Morgan fingerprint density at radius 3 is 2.57 bits per heavy atom. The maximum atomic E-state index is 12.7. The van der Waals surface area contributed by atoms with Crippen LogP contribution in [0.1, 0.15) is 10.4 Å². The van der Waals surface area contributed by atoms with Gasteiger partial charge in [0.2, 0.25) is 0 Å². The number of pyridine rings is 1. The van der Waals surface area contributed by atoms with E-state index in [1.54, 1.807) is 49.0 Å². The first-order valence-corrected chi connectivity index (χ1v) is 10.1. The number of nitrogens with zero attached hydrogens (tertiary/aromatic N) is 2. The van der Waals surface area contributed by atoms with E-state index < -0.39 is 0 Å². The highest BCUT2D eigenvalue weighted by Crippen LogP contribution is 2.30. The molecule has 0 saturated carbocycles. The lowest BCUT2D eigenvalue weighted by atomic mass is 10.1. The van der Waals surface area contributed by atoms with Crippen LogP contribution < -0.4 is 14.8 Å². The van der Waals surface area contributed by atoms with Crippen LogP contribution in [0.3, 0.4) is 0 Å². The van der Waals surface area contributed by atoms with Crippen molar-refractivity contribution < 1.29 is 14.3 Å². The molecule has 7 heteroatoms. The molecule has 1 amide bonds. The topological polar surface area (TPSA) is 73.3 Å². The van der Waals surface area contributed by atoms with Crippen molar-refractivity contribution in [2.45, 2.75) is 0 Å². The van der Waals surface area contributed by atoms with Gasteiger partial charge in [0.1, 0.15) is 5.01 Å². The highest BCUT2D eigenvalue weighted by Gasteiger charge is 2.12. The smallest absolute Gasteiger partial charge is 0.255 e. The summed E-state index contributed by atoms with van der Waals surface area (Å²) in [6.45, 7) is 0. The summed E-state index contributed by atoms with van der Waals surface area (Å²) in [6.07, 6.45) is 3.53. The standard InChI is InChI=1S/C23H19N3O3S/c1-28-20-9-8-16(12-21(20)29-2)22(27)25-18-7-3-5-15(11-18)19-14-30-23(26-19)17-6-4-10-24-13-17/h3-14H,1-2H3,(H,25,27). The van der Waals surface area contributed by atoms with Crippen molar-refractivity contribution in [3.8, 4) is 33.3 Å².